The van der Waals surface area contributed by atoms with Crippen molar-refractivity contribution >= 4 is 46.9 Å². The number of H-pyrrole nitrogens is 1. The number of amides is 1. The summed E-state index contributed by atoms with van der Waals surface area (Å²) in [5.74, 6) is 1.55. The van der Waals surface area contributed by atoms with Crippen molar-refractivity contribution < 1.29 is 4.79 Å². The number of hydrogen-bond donors (Lipinski definition) is 3. The topological polar surface area (TPSA) is 99.9 Å². The van der Waals surface area contributed by atoms with Crippen molar-refractivity contribution in [1.29, 1.82) is 0 Å². The average Bonchev–Trinajstić information content (AvgIpc) is 3.01. The Morgan fingerprint density at radius 1 is 1.50 bits per heavy atom. The minimum atomic E-state index is -0.0884. The molecule has 0 radical (unpaired) electrons. The molecule has 0 unspecified atom stereocenters. The molecule has 1 amide bonds. The molecule has 0 bridgehead atoms. The Bertz CT molecular complexity index is 688. The van der Waals surface area contributed by atoms with Crippen molar-refractivity contribution in [3.8, 4) is 0 Å². The van der Waals surface area contributed by atoms with E-state index in [0.29, 0.717) is 18.0 Å². The Balaban J connectivity index is 0.00000176. The van der Waals surface area contributed by atoms with Crippen molar-refractivity contribution in [2.24, 2.45) is 5.73 Å². The Labute approximate surface area is 138 Å². The van der Waals surface area contributed by atoms with E-state index in [1.54, 1.807) is 11.8 Å². The standard InChI is InChI=1S/C13H16N6OS.ClH/c14-2-4-16-13(20)10-7-19(5-6-21-10)12-9-1-3-15-11(9)17-8-18-12;/h1,3,7-8H,2,4-6,14H2,(H,16,20)(H,15,17,18);1H. The number of hydrogen-bond acceptors (Lipinski definition) is 6. The first-order valence-electron chi connectivity index (χ1n) is 6.67. The van der Waals surface area contributed by atoms with Crippen molar-refractivity contribution in [2.45, 2.75) is 0 Å². The molecule has 7 nitrogen and oxygen atoms in total. The highest BCUT2D eigenvalue weighted by Gasteiger charge is 2.20. The molecule has 0 aliphatic carbocycles. The van der Waals surface area contributed by atoms with Crippen LogP contribution in [0.15, 0.2) is 29.7 Å². The largest absolute Gasteiger partial charge is 0.350 e. The number of carbonyl (C=O) groups is 1. The number of halogens is 1. The second kappa shape index (κ2) is 7.48. The predicted octanol–water partition coefficient (Wildman–Crippen LogP) is 0.849. The predicted molar refractivity (Wildman–Crippen MR) is 91.1 cm³/mol. The quantitative estimate of drug-likeness (QED) is 0.763. The lowest BCUT2D eigenvalue weighted by Crippen LogP contribution is -2.33. The van der Waals surface area contributed by atoms with Crippen LogP contribution >= 0.6 is 24.2 Å². The van der Waals surface area contributed by atoms with Gasteiger partial charge in [-0.3, -0.25) is 4.79 Å². The number of anilines is 1. The third kappa shape index (κ3) is 3.34. The zero-order valence-corrected chi connectivity index (χ0v) is 13.4. The monoisotopic (exact) mass is 340 g/mol. The molecule has 0 aromatic carbocycles. The zero-order chi connectivity index (χ0) is 14.7. The zero-order valence-electron chi connectivity index (χ0n) is 11.8. The molecule has 0 atom stereocenters. The van der Waals surface area contributed by atoms with E-state index < -0.39 is 0 Å². The molecule has 3 heterocycles. The van der Waals surface area contributed by atoms with Gasteiger partial charge in [0.2, 0.25) is 0 Å². The molecule has 0 fully saturated rings. The highest BCUT2D eigenvalue weighted by molar-refractivity contribution is 8.04. The van der Waals surface area contributed by atoms with Crippen LogP contribution < -0.4 is 16.0 Å². The molecule has 9 heteroatoms. The molecule has 22 heavy (non-hydrogen) atoms. The van der Waals surface area contributed by atoms with E-state index in [2.05, 4.69) is 20.3 Å². The van der Waals surface area contributed by atoms with E-state index in [1.165, 1.54) is 6.33 Å². The van der Waals surface area contributed by atoms with Gasteiger partial charge in [-0.05, 0) is 6.07 Å². The third-order valence-corrected chi connectivity index (χ3v) is 4.11. The van der Waals surface area contributed by atoms with Crippen LogP contribution in [-0.2, 0) is 4.79 Å². The number of aromatic nitrogens is 3. The lowest BCUT2D eigenvalue weighted by atomic mass is 10.3. The molecule has 2 aromatic rings. The van der Waals surface area contributed by atoms with Crippen molar-refractivity contribution in [2.75, 3.05) is 30.3 Å². The lowest BCUT2D eigenvalue weighted by molar-refractivity contribution is -0.116. The van der Waals surface area contributed by atoms with E-state index in [4.69, 9.17) is 5.73 Å². The summed E-state index contributed by atoms with van der Waals surface area (Å²) in [4.78, 5) is 26.3. The van der Waals surface area contributed by atoms with Gasteiger partial charge >= 0.3 is 0 Å². The van der Waals surface area contributed by atoms with Gasteiger partial charge in [-0.1, -0.05) is 0 Å². The normalized spacial score (nSPS) is 14.4. The molecule has 0 saturated heterocycles. The summed E-state index contributed by atoms with van der Waals surface area (Å²) in [6, 6.07) is 1.94. The number of rotatable bonds is 4. The molecule has 0 saturated carbocycles. The van der Waals surface area contributed by atoms with Gasteiger partial charge in [0.1, 0.15) is 17.8 Å². The molecular weight excluding hydrogens is 324 g/mol. The van der Waals surface area contributed by atoms with Crippen molar-refractivity contribution in [3.05, 3.63) is 29.7 Å². The van der Waals surface area contributed by atoms with Gasteiger partial charge in [0.05, 0.1) is 10.3 Å². The van der Waals surface area contributed by atoms with Crippen LogP contribution in [0, 0.1) is 0 Å². The van der Waals surface area contributed by atoms with Gasteiger partial charge in [0.15, 0.2) is 0 Å². The highest BCUT2D eigenvalue weighted by atomic mass is 35.5. The molecule has 4 N–H and O–H groups in total. The maximum atomic E-state index is 12.0. The number of nitrogens with one attached hydrogen (secondary N) is 2. The maximum absolute atomic E-state index is 12.0. The summed E-state index contributed by atoms with van der Waals surface area (Å²) in [5.41, 5.74) is 6.20. The summed E-state index contributed by atoms with van der Waals surface area (Å²) in [5, 5.41) is 3.73. The smallest absolute Gasteiger partial charge is 0.259 e. The lowest BCUT2D eigenvalue weighted by Gasteiger charge is -2.25. The third-order valence-electron chi connectivity index (χ3n) is 3.12. The molecule has 118 valence electrons. The average molecular weight is 341 g/mol. The first-order valence-corrected chi connectivity index (χ1v) is 7.66. The number of aromatic amines is 1. The summed E-state index contributed by atoms with van der Waals surface area (Å²) in [6.45, 7) is 1.71. The Morgan fingerprint density at radius 3 is 3.18 bits per heavy atom. The van der Waals surface area contributed by atoms with E-state index in [1.807, 2.05) is 23.4 Å². The minimum Gasteiger partial charge on any atom is -0.350 e. The maximum Gasteiger partial charge on any atom is 0.259 e. The fraction of sp³-hybridized carbons (Fsp3) is 0.308. The Hall–Kier alpha value is -1.77. The molecule has 0 spiro atoms. The van der Waals surface area contributed by atoms with Crippen LogP contribution in [0.4, 0.5) is 5.82 Å². The van der Waals surface area contributed by atoms with E-state index in [0.717, 1.165) is 29.1 Å². The van der Waals surface area contributed by atoms with Gasteiger partial charge in [-0.25, -0.2) is 9.97 Å². The molecule has 1 aliphatic rings. The number of fused-ring (bicyclic) bond motifs is 1. The highest BCUT2D eigenvalue weighted by Crippen LogP contribution is 2.28. The second-order valence-corrected chi connectivity index (χ2v) is 5.65. The van der Waals surface area contributed by atoms with E-state index in [-0.39, 0.29) is 18.3 Å². The van der Waals surface area contributed by atoms with Crippen LogP contribution in [0.25, 0.3) is 11.0 Å². The SMILES string of the molecule is Cl.NCCNC(=O)C1=CN(c2ncnc3[nH]ccc23)CCS1. The van der Waals surface area contributed by atoms with Gasteiger partial charge in [-0.15, -0.1) is 24.2 Å². The number of nitrogens with two attached hydrogens (primary N) is 1. The first kappa shape index (κ1) is 16.6. The minimum absolute atomic E-state index is 0. The number of thioether (sulfide) groups is 1. The second-order valence-electron chi connectivity index (χ2n) is 4.52. The van der Waals surface area contributed by atoms with Gasteiger partial charge < -0.3 is 20.9 Å². The van der Waals surface area contributed by atoms with Crippen LogP contribution in [-0.4, -0.2) is 46.2 Å². The Kier molecular flexibility index (Phi) is 5.64. The number of nitrogens with zero attached hydrogens (tertiary/aromatic N) is 3. The van der Waals surface area contributed by atoms with Crippen LogP contribution in [0.2, 0.25) is 0 Å². The summed E-state index contributed by atoms with van der Waals surface area (Å²) in [6.07, 6.45) is 5.20. The van der Waals surface area contributed by atoms with Crippen molar-refractivity contribution in [3.63, 3.8) is 0 Å². The molecule has 3 rings (SSSR count). The van der Waals surface area contributed by atoms with E-state index in [9.17, 15) is 4.79 Å². The molecule has 2 aromatic heterocycles. The number of carbonyl (C=O) groups excluding carboxylic acids is 1. The van der Waals surface area contributed by atoms with Gasteiger partial charge in [0, 0.05) is 37.8 Å². The van der Waals surface area contributed by atoms with E-state index >= 15 is 0 Å². The van der Waals surface area contributed by atoms with Crippen LogP contribution in [0.5, 0.6) is 0 Å². The molecular formula is C13H17ClN6OS. The Morgan fingerprint density at radius 2 is 2.36 bits per heavy atom. The van der Waals surface area contributed by atoms with Gasteiger partial charge in [-0.2, -0.15) is 0 Å². The molecule has 1 aliphatic heterocycles. The summed E-state index contributed by atoms with van der Waals surface area (Å²) < 4.78 is 0. The first-order chi connectivity index (χ1) is 10.3. The summed E-state index contributed by atoms with van der Waals surface area (Å²) in [7, 11) is 0. The fourth-order valence-electron chi connectivity index (χ4n) is 2.15. The van der Waals surface area contributed by atoms with Crippen LogP contribution in [0.3, 0.4) is 0 Å². The van der Waals surface area contributed by atoms with Crippen molar-refractivity contribution in [1.82, 2.24) is 20.3 Å². The summed E-state index contributed by atoms with van der Waals surface area (Å²) >= 11 is 1.54. The fourth-order valence-corrected chi connectivity index (χ4v) is 3.06. The van der Waals surface area contributed by atoms with Crippen LogP contribution in [0.1, 0.15) is 0 Å². The van der Waals surface area contributed by atoms with Gasteiger partial charge in [0.25, 0.3) is 5.91 Å².